The maximum Gasteiger partial charge on any atom is 0.243 e. The molecule has 3 aromatic carbocycles. The van der Waals surface area contributed by atoms with Crippen molar-refractivity contribution >= 4 is 10.0 Å². The highest BCUT2D eigenvalue weighted by atomic mass is 32.2. The van der Waals surface area contributed by atoms with E-state index >= 15 is 0 Å². The van der Waals surface area contributed by atoms with Gasteiger partial charge in [0.1, 0.15) is 5.75 Å². The number of rotatable bonds is 5. The Morgan fingerprint density at radius 1 is 0.862 bits per heavy atom. The van der Waals surface area contributed by atoms with E-state index in [4.69, 9.17) is 4.74 Å². The molecule has 29 heavy (non-hydrogen) atoms. The van der Waals surface area contributed by atoms with Gasteiger partial charge in [0, 0.05) is 6.54 Å². The highest BCUT2D eigenvalue weighted by Crippen LogP contribution is 2.43. The van der Waals surface area contributed by atoms with Crippen molar-refractivity contribution in [3.8, 4) is 5.75 Å². The molecule has 0 spiro atoms. The summed E-state index contributed by atoms with van der Waals surface area (Å²) < 4.78 is 34.0. The second kappa shape index (κ2) is 8.01. The van der Waals surface area contributed by atoms with Crippen LogP contribution in [0.4, 0.5) is 0 Å². The summed E-state index contributed by atoms with van der Waals surface area (Å²) in [7, 11) is -1.95. The molecule has 0 N–H and O–H groups in total. The zero-order chi connectivity index (χ0) is 20.4. The fourth-order valence-corrected chi connectivity index (χ4v) is 5.68. The molecular formula is C24H25NO3S. The van der Waals surface area contributed by atoms with Gasteiger partial charge in [-0.25, -0.2) is 8.42 Å². The van der Waals surface area contributed by atoms with Crippen molar-refractivity contribution in [2.24, 2.45) is 0 Å². The molecule has 2 atom stereocenters. The summed E-state index contributed by atoms with van der Waals surface area (Å²) in [5, 5.41) is 0. The number of methoxy groups -OCH3 is 1. The van der Waals surface area contributed by atoms with E-state index in [1.165, 1.54) is 0 Å². The van der Waals surface area contributed by atoms with Gasteiger partial charge in [0.15, 0.2) is 0 Å². The lowest BCUT2D eigenvalue weighted by Crippen LogP contribution is -2.31. The number of nitrogens with zero attached hydrogens (tertiary/aromatic N) is 1. The predicted molar refractivity (Wildman–Crippen MR) is 115 cm³/mol. The van der Waals surface area contributed by atoms with Gasteiger partial charge in [0.05, 0.1) is 18.0 Å². The molecule has 0 amide bonds. The van der Waals surface area contributed by atoms with Gasteiger partial charge in [-0.05, 0) is 54.7 Å². The van der Waals surface area contributed by atoms with Crippen LogP contribution in [0.15, 0.2) is 83.8 Å². The quantitative estimate of drug-likeness (QED) is 0.603. The van der Waals surface area contributed by atoms with Gasteiger partial charge < -0.3 is 4.74 Å². The molecule has 1 aliphatic rings. The van der Waals surface area contributed by atoms with Gasteiger partial charge in [-0.1, -0.05) is 60.2 Å². The first-order valence-corrected chi connectivity index (χ1v) is 11.2. The van der Waals surface area contributed by atoms with E-state index in [1.54, 1.807) is 23.5 Å². The first-order chi connectivity index (χ1) is 14.0. The molecule has 4 nitrogen and oxygen atoms in total. The van der Waals surface area contributed by atoms with Gasteiger partial charge in [-0.2, -0.15) is 4.31 Å². The summed E-state index contributed by atoms with van der Waals surface area (Å²) in [6.45, 7) is 2.42. The van der Waals surface area contributed by atoms with Crippen LogP contribution in [0.1, 0.15) is 35.1 Å². The summed E-state index contributed by atoms with van der Waals surface area (Å²) in [5.74, 6) is 0.932. The first-order valence-electron chi connectivity index (χ1n) is 9.76. The Labute approximate surface area is 172 Å². The minimum atomic E-state index is -3.60. The Morgan fingerprint density at radius 2 is 1.52 bits per heavy atom. The van der Waals surface area contributed by atoms with Crippen molar-refractivity contribution in [2.45, 2.75) is 30.2 Å². The smallest absolute Gasteiger partial charge is 0.243 e. The Morgan fingerprint density at radius 3 is 2.14 bits per heavy atom. The van der Waals surface area contributed by atoms with E-state index in [0.29, 0.717) is 11.4 Å². The average Bonchev–Trinajstić information content (AvgIpc) is 3.21. The molecule has 0 bridgehead atoms. The van der Waals surface area contributed by atoms with Gasteiger partial charge in [0.2, 0.25) is 10.0 Å². The number of hydrogen-bond acceptors (Lipinski definition) is 3. The third kappa shape index (κ3) is 3.93. The number of ether oxygens (including phenoxy) is 1. The second-order valence-electron chi connectivity index (χ2n) is 7.52. The summed E-state index contributed by atoms with van der Waals surface area (Å²) in [4.78, 5) is 0.347. The normalized spacial score (nSPS) is 19.9. The van der Waals surface area contributed by atoms with E-state index in [-0.39, 0.29) is 12.0 Å². The summed E-state index contributed by atoms with van der Waals surface area (Å²) >= 11 is 0. The Balaban J connectivity index is 1.71. The van der Waals surface area contributed by atoms with Crippen LogP contribution in [0.3, 0.4) is 0 Å². The predicted octanol–water partition coefficient (Wildman–Crippen LogP) is 4.92. The minimum Gasteiger partial charge on any atom is -0.497 e. The average molecular weight is 408 g/mol. The fraction of sp³-hybridized carbons (Fsp3) is 0.250. The molecule has 0 aliphatic carbocycles. The maximum atomic E-state index is 13.5. The summed E-state index contributed by atoms with van der Waals surface area (Å²) in [6, 6.07) is 24.8. The van der Waals surface area contributed by atoms with Crippen LogP contribution in [0, 0.1) is 6.92 Å². The van der Waals surface area contributed by atoms with Crippen molar-refractivity contribution in [1.82, 2.24) is 4.31 Å². The topological polar surface area (TPSA) is 46.6 Å². The van der Waals surface area contributed by atoms with E-state index in [0.717, 1.165) is 28.9 Å². The molecule has 0 aromatic heterocycles. The lowest BCUT2D eigenvalue weighted by atomic mass is 9.94. The monoisotopic (exact) mass is 407 g/mol. The maximum absolute atomic E-state index is 13.5. The van der Waals surface area contributed by atoms with E-state index in [2.05, 4.69) is 0 Å². The van der Waals surface area contributed by atoms with Crippen LogP contribution in [0.2, 0.25) is 0 Å². The lowest BCUT2D eigenvalue weighted by molar-refractivity contribution is 0.396. The highest BCUT2D eigenvalue weighted by molar-refractivity contribution is 7.89. The van der Waals surface area contributed by atoms with Crippen molar-refractivity contribution in [3.63, 3.8) is 0 Å². The summed E-state index contributed by atoms with van der Waals surface area (Å²) in [5.41, 5.74) is 3.20. The zero-order valence-electron chi connectivity index (χ0n) is 16.7. The molecule has 3 aromatic rings. The molecule has 1 saturated heterocycles. The van der Waals surface area contributed by atoms with Crippen molar-refractivity contribution in [2.75, 3.05) is 13.7 Å². The van der Waals surface area contributed by atoms with E-state index in [9.17, 15) is 8.42 Å². The van der Waals surface area contributed by atoms with Crippen LogP contribution in [-0.4, -0.2) is 26.4 Å². The SMILES string of the molecule is COc1ccc(C2CC(c3ccccc3)N(S(=O)(=O)c3ccc(C)cc3)C2)cc1. The Kier molecular flexibility index (Phi) is 5.43. The number of sulfonamides is 1. The van der Waals surface area contributed by atoms with Gasteiger partial charge >= 0.3 is 0 Å². The Bertz CT molecular complexity index is 1060. The minimum absolute atomic E-state index is 0.131. The van der Waals surface area contributed by atoms with Gasteiger partial charge in [-0.15, -0.1) is 0 Å². The molecular weight excluding hydrogens is 382 g/mol. The molecule has 4 rings (SSSR count). The number of benzene rings is 3. The van der Waals surface area contributed by atoms with Crippen LogP contribution >= 0.6 is 0 Å². The summed E-state index contributed by atoms with van der Waals surface area (Å²) in [6.07, 6.45) is 0.751. The van der Waals surface area contributed by atoms with E-state index < -0.39 is 10.0 Å². The largest absolute Gasteiger partial charge is 0.497 e. The van der Waals surface area contributed by atoms with Crippen molar-refractivity contribution < 1.29 is 13.2 Å². The van der Waals surface area contributed by atoms with Gasteiger partial charge in [0.25, 0.3) is 0 Å². The van der Waals surface area contributed by atoms with Crippen LogP contribution < -0.4 is 4.74 Å². The first kappa shape index (κ1) is 19.7. The standard InChI is InChI=1S/C24H25NO3S/c1-18-8-14-23(15-9-18)29(26,27)25-17-21(19-10-12-22(28-2)13-11-19)16-24(25)20-6-4-3-5-7-20/h3-15,21,24H,16-17H2,1-2H3. The second-order valence-corrected chi connectivity index (χ2v) is 9.41. The van der Waals surface area contributed by atoms with E-state index in [1.807, 2.05) is 73.7 Å². The molecule has 1 heterocycles. The van der Waals surface area contributed by atoms with Crippen LogP contribution in [-0.2, 0) is 10.0 Å². The van der Waals surface area contributed by atoms with Crippen LogP contribution in [0.5, 0.6) is 5.75 Å². The zero-order valence-corrected chi connectivity index (χ0v) is 17.5. The molecule has 1 aliphatic heterocycles. The lowest BCUT2D eigenvalue weighted by Gasteiger charge is -2.24. The van der Waals surface area contributed by atoms with Crippen molar-refractivity contribution in [1.29, 1.82) is 0 Å². The van der Waals surface area contributed by atoms with Gasteiger partial charge in [-0.3, -0.25) is 0 Å². The third-order valence-corrected chi connectivity index (χ3v) is 7.54. The molecule has 2 unspecified atom stereocenters. The fourth-order valence-electron chi connectivity index (χ4n) is 4.01. The molecule has 0 saturated carbocycles. The molecule has 5 heteroatoms. The highest BCUT2D eigenvalue weighted by Gasteiger charge is 2.41. The third-order valence-electron chi connectivity index (χ3n) is 5.65. The van der Waals surface area contributed by atoms with Crippen LogP contribution in [0.25, 0.3) is 0 Å². The number of hydrogen-bond donors (Lipinski definition) is 0. The molecule has 1 fully saturated rings. The molecule has 150 valence electrons. The van der Waals surface area contributed by atoms with Crippen molar-refractivity contribution in [3.05, 3.63) is 95.6 Å². The number of aryl methyl sites for hydroxylation is 1. The molecule has 0 radical (unpaired) electrons. The Hall–Kier alpha value is -2.63.